The standard InChI is InChI=1S/C11H15NO2S/c1-8-4-10(15-7-8)6-12(3)5-9(2)11(13)14/h4,7H,2,5-6H2,1,3H3,(H,13,14). The number of aryl methyl sites for hydroxylation is 1. The summed E-state index contributed by atoms with van der Waals surface area (Å²) in [5.74, 6) is -0.927. The summed E-state index contributed by atoms with van der Waals surface area (Å²) in [6.07, 6.45) is 0. The van der Waals surface area contributed by atoms with Gasteiger partial charge in [-0.2, -0.15) is 0 Å². The molecule has 82 valence electrons. The van der Waals surface area contributed by atoms with Crippen molar-refractivity contribution < 1.29 is 9.90 Å². The van der Waals surface area contributed by atoms with Crippen LogP contribution in [0, 0.1) is 6.92 Å². The number of carboxylic acid groups (broad SMARTS) is 1. The molecule has 0 unspecified atom stereocenters. The van der Waals surface area contributed by atoms with E-state index in [0.29, 0.717) is 6.54 Å². The summed E-state index contributed by atoms with van der Waals surface area (Å²) in [6, 6.07) is 2.12. The van der Waals surface area contributed by atoms with Crippen LogP contribution in [-0.2, 0) is 11.3 Å². The molecule has 0 aliphatic rings. The Bertz CT molecular complexity index is 370. The van der Waals surface area contributed by atoms with Gasteiger partial charge in [-0.05, 0) is 31.0 Å². The van der Waals surface area contributed by atoms with E-state index >= 15 is 0 Å². The Hall–Kier alpha value is -1.13. The van der Waals surface area contributed by atoms with Crippen LogP contribution in [0.5, 0.6) is 0 Å². The zero-order valence-corrected chi connectivity index (χ0v) is 9.80. The summed E-state index contributed by atoms with van der Waals surface area (Å²) in [5, 5.41) is 10.8. The van der Waals surface area contributed by atoms with E-state index in [1.54, 1.807) is 11.3 Å². The first-order valence-electron chi connectivity index (χ1n) is 4.62. The van der Waals surface area contributed by atoms with Crippen molar-refractivity contribution in [2.45, 2.75) is 13.5 Å². The van der Waals surface area contributed by atoms with Crippen molar-refractivity contribution >= 4 is 17.3 Å². The molecule has 0 saturated heterocycles. The highest BCUT2D eigenvalue weighted by Crippen LogP contribution is 2.15. The van der Waals surface area contributed by atoms with Gasteiger partial charge in [0.15, 0.2) is 0 Å². The van der Waals surface area contributed by atoms with E-state index in [4.69, 9.17) is 5.11 Å². The van der Waals surface area contributed by atoms with Gasteiger partial charge in [-0.15, -0.1) is 11.3 Å². The SMILES string of the molecule is C=C(CN(C)Cc1cc(C)cs1)C(=O)O. The van der Waals surface area contributed by atoms with E-state index < -0.39 is 5.97 Å². The highest BCUT2D eigenvalue weighted by atomic mass is 32.1. The van der Waals surface area contributed by atoms with E-state index in [-0.39, 0.29) is 5.57 Å². The van der Waals surface area contributed by atoms with Crippen molar-refractivity contribution in [1.82, 2.24) is 4.90 Å². The second-order valence-electron chi connectivity index (χ2n) is 3.67. The van der Waals surface area contributed by atoms with Crippen molar-refractivity contribution in [2.24, 2.45) is 0 Å². The summed E-state index contributed by atoms with van der Waals surface area (Å²) in [6.45, 7) is 6.72. The number of carbonyl (C=O) groups is 1. The van der Waals surface area contributed by atoms with Crippen molar-refractivity contribution in [3.05, 3.63) is 34.0 Å². The van der Waals surface area contributed by atoms with E-state index in [0.717, 1.165) is 6.54 Å². The molecular weight excluding hydrogens is 210 g/mol. The minimum absolute atomic E-state index is 0.228. The monoisotopic (exact) mass is 225 g/mol. The number of likely N-dealkylation sites (N-methyl/N-ethyl adjacent to an activating group) is 1. The lowest BCUT2D eigenvalue weighted by molar-refractivity contribution is -0.132. The molecule has 1 aromatic rings. The molecule has 0 aliphatic carbocycles. The maximum Gasteiger partial charge on any atom is 0.332 e. The van der Waals surface area contributed by atoms with Crippen LogP contribution in [0.2, 0.25) is 0 Å². The fraction of sp³-hybridized carbons (Fsp3) is 0.364. The van der Waals surface area contributed by atoms with Gasteiger partial charge in [0.1, 0.15) is 0 Å². The molecule has 3 nitrogen and oxygen atoms in total. The number of nitrogens with zero attached hydrogens (tertiary/aromatic N) is 1. The molecule has 0 amide bonds. The van der Waals surface area contributed by atoms with Gasteiger partial charge < -0.3 is 5.11 Å². The molecule has 0 atom stereocenters. The van der Waals surface area contributed by atoms with Crippen LogP contribution in [0.15, 0.2) is 23.6 Å². The predicted molar refractivity (Wildman–Crippen MR) is 62.2 cm³/mol. The number of carboxylic acids is 1. The fourth-order valence-corrected chi connectivity index (χ4v) is 2.24. The summed E-state index contributed by atoms with van der Waals surface area (Å²) in [4.78, 5) is 13.8. The third kappa shape index (κ3) is 3.85. The number of rotatable bonds is 5. The number of thiophene rings is 1. The Kier molecular flexibility index (Phi) is 4.05. The lowest BCUT2D eigenvalue weighted by Crippen LogP contribution is -2.22. The second kappa shape index (κ2) is 5.09. The van der Waals surface area contributed by atoms with Crippen LogP contribution in [0.4, 0.5) is 0 Å². The zero-order chi connectivity index (χ0) is 11.4. The molecule has 0 radical (unpaired) electrons. The average molecular weight is 225 g/mol. The molecule has 0 spiro atoms. The summed E-state index contributed by atoms with van der Waals surface area (Å²) in [7, 11) is 1.89. The van der Waals surface area contributed by atoms with Gasteiger partial charge in [-0.3, -0.25) is 4.90 Å². The molecule has 4 heteroatoms. The molecule has 0 aromatic carbocycles. The van der Waals surface area contributed by atoms with Gasteiger partial charge in [-0.1, -0.05) is 6.58 Å². The zero-order valence-electron chi connectivity index (χ0n) is 8.99. The van der Waals surface area contributed by atoms with Gasteiger partial charge in [0.2, 0.25) is 0 Å². The summed E-state index contributed by atoms with van der Waals surface area (Å²) in [5.41, 5.74) is 1.48. The highest BCUT2D eigenvalue weighted by Gasteiger charge is 2.08. The normalized spacial score (nSPS) is 10.6. The topological polar surface area (TPSA) is 40.5 Å². The molecule has 0 bridgehead atoms. The Labute approximate surface area is 93.7 Å². The molecule has 1 aromatic heterocycles. The van der Waals surface area contributed by atoms with Crippen LogP contribution >= 0.6 is 11.3 Å². The molecule has 1 rings (SSSR count). The van der Waals surface area contributed by atoms with Crippen LogP contribution in [-0.4, -0.2) is 29.6 Å². The minimum atomic E-state index is -0.927. The highest BCUT2D eigenvalue weighted by molar-refractivity contribution is 7.10. The molecule has 15 heavy (non-hydrogen) atoms. The lowest BCUT2D eigenvalue weighted by Gasteiger charge is -2.14. The van der Waals surface area contributed by atoms with Gasteiger partial charge >= 0.3 is 5.97 Å². The Balaban J connectivity index is 2.46. The molecule has 1 N–H and O–H groups in total. The molecule has 0 fully saturated rings. The van der Waals surface area contributed by atoms with Gasteiger partial charge in [0.25, 0.3) is 0 Å². The van der Waals surface area contributed by atoms with Crippen molar-refractivity contribution in [2.75, 3.05) is 13.6 Å². The maximum absolute atomic E-state index is 10.6. The minimum Gasteiger partial charge on any atom is -0.478 e. The third-order valence-corrected chi connectivity index (χ3v) is 3.01. The number of hydrogen-bond donors (Lipinski definition) is 1. The number of aliphatic carboxylic acids is 1. The van der Waals surface area contributed by atoms with Gasteiger partial charge in [0.05, 0.1) is 0 Å². The molecule has 1 heterocycles. The Morgan fingerprint density at radius 1 is 1.67 bits per heavy atom. The average Bonchev–Trinajstić information content (AvgIpc) is 2.50. The van der Waals surface area contributed by atoms with Crippen LogP contribution in [0.25, 0.3) is 0 Å². The van der Waals surface area contributed by atoms with Gasteiger partial charge in [0, 0.05) is 23.5 Å². The maximum atomic E-state index is 10.6. The van der Waals surface area contributed by atoms with E-state index in [9.17, 15) is 4.79 Å². The van der Waals surface area contributed by atoms with Crippen LogP contribution < -0.4 is 0 Å². The van der Waals surface area contributed by atoms with Crippen LogP contribution in [0.3, 0.4) is 0 Å². The van der Waals surface area contributed by atoms with Crippen LogP contribution in [0.1, 0.15) is 10.4 Å². The second-order valence-corrected chi connectivity index (χ2v) is 4.67. The Morgan fingerprint density at radius 3 is 2.80 bits per heavy atom. The van der Waals surface area contributed by atoms with E-state index in [2.05, 4.69) is 24.9 Å². The Morgan fingerprint density at radius 2 is 2.33 bits per heavy atom. The summed E-state index contributed by atoms with van der Waals surface area (Å²) < 4.78 is 0. The first-order valence-corrected chi connectivity index (χ1v) is 5.50. The predicted octanol–water partition coefficient (Wildman–Crippen LogP) is 2.13. The smallest absolute Gasteiger partial charge is 0.332 e. The van der Waals surface area contributed by atoms with Crippen molar-refractivity contribution in [3.8, 4) is 0 Å². The quantitative estimate of drug-likeness (QED) is 0.780. The first kappa shape index (κ1) is 11.9. The molecule has 0 aliphatic heterocycles. The van der Waals surface area contributed by atoms with E-state index in [1.165, 1.54) is 10.4 Å². The first-order chi connectivity index (χ1) is 6.99. The number of hydrogen-bond acceptors (Lipinski definition) is 3. The third-order valence-electron chi connectivity index (χ3n) is 1.97. The van der Waals surface area contributed by atoms with Gasteiger partial charge in [-0.25, -0.2) is 4.79 Å². The van der Waals surface area contributed by atoms with E-state index in [1.807, 2.05) is 11.9 Å². The van der Waals surface area contributed by atoms with Crippen molar-refractivity contribution in [1.29, 1.82) is 0 Å². The lowest BCUT2D eigenvalue weighted by atomic mass is 10.3. The summed E-state index contributed by atoms with van der Waals surface area (Å²) >= 11 is 1.69. The fourth-order valence-electron chi connectivity index (χ4n) is 1.29. The largest absolute Gasteiger partial charge is 0.478 e. The molecular formula is C11H15NO2S. The van der Waals surface area contributed by atoms with Crippen molar-refractivity contribution in [3.63, 3.8) is 0 Å². The molecule has 0 saturated carbocycles.